The molecular weight excluding hydrogens is 396 g/mol. The molecule has 1 unspecified atom stereocenters. The number of carbonyl (C=O) groups excluding carboxylic acids is 3. The normalized spacial score (nSPS) is 11.4. The molecule has 0 aromatic heterocycles. The van der Waals surface area contributed by atoms with Crippen LogP contribution in [0.5, 0.6) is 23.0 Å². The van der Waals surface area contributed by atoms with Crippen molar-refractivity contribution in [2.24, 2.45) is 0 Å². The number of hydrogen-bond acceptors (Lipinski definition) is 8. The first-order chi connectivity index (χ1) is 14.2. The molecular formula is C20H22N2O8. The molecule has 0 fully saturated rings. The third kappa shape index (κ3) is 5.77. The average molecular weight is 418 g/mol. The van der Waals surface area contributed by atoms with Gasteiger partial charge in [0, 0.05) is 17.7 Å². The van der Waals surface area contributed by atoms with E-state index < -0.39 is 35.3 Å². The fraction of sp³-hybridized carbons (Fsp3) is 0.250. The number of rotatable bonds is 8. The number of aromatic hydroxyl groups is 4. The second-order valence-electron chi connectivity index (χ2n) is 6.35. The lowest BCUT2D eigenvalue weighted by Crippen LogP contribution is -2.42. The highest BCUT2D eigenvalue weighted by atomic mass is 16.5. The molecule has 0 aliphatic carbocycles. The molecule has 0 heterocycles. The van der Waals surface area contributed by atoms with E-state index in [0.29, 0.717) is 6.42 Å². The van der Waals surface area contributed by atoms with Gasteiger partial charge < -0.3 is 35.8 Å². The lowest BCUT2D eigenvalue weighted by Gasteiger charge is -2.17. The summed E-state index contributed by atoms with van der Waals surface area (Å²) in [6.45, 7) is 0.170. The Balaban J connectivity index is 1.90. The number of benzene rings is 2. The number of esters is 1. The molecule has 2 amide bonds. The Labute approximate surface area is 171 Å². The van der Waals surface area contributed by atoms with Gasteiger partial charge in [0.15, 0.2) is 23.0 Å². The van der Waals surface area contributed by atoms with Crippen LogP contribution in [0.3, 0.4) is 0 Å². The quantitative estimate of drug-likeness (QED) is 0.210. The first kappa shape index (κ1) is 22.3. The van der Waals surface area contributed by atoms with Crippen LogP contribution in [0.2, 0.25) is 0 Å². The van der Waals surface area contributed by atoms with Gasteiger partial charge in [-0.1, -0.05) is 0 Å². The van der Waals surface area contributed by atoms with E-state index in [1.54, 1.807) is 0 Å². The fourth-order valence-electron chi connectivity index (χ4n) is 2.57. The third-order valence-electron chi connectivity index (χ3n) is 4.22. The van der Waals surface area contributed by atoms with E-state index in [2.05, 4.69) is 15.4 Å². The number of carbonyl (C=O) groups is 3. The largest absolute Gasteiger partial charge is 0.504 e. The Bertz CT molecular complexity index is 944. The molecule has 0 saturated carbocycles. The predicted molar refractivity (Wildman–Crippen MR) is 104 cm³/mol. The van der Waals surface area contributed by atoms with E-state index in [1.165, 1.54) is 25.3 Å². The van der Waals surface area contributed by atoms with Gasteiger partial charge in [-0.15, -0.1) is 0 Å². The summed E-state index contributed by atoms with van der Waals surface area (Å²) in [5.74, 6) is -3.43. The summed E-state index contributed by atoms with van der Waals surface area (Å²) in [5, 5.41) is 42.6. The molecule has 1 atom stereocenters. The van der Waals surface area contributed by atoms with Crippen LogP contribution in [0.4, 0.5) is 0 Å². The van der Waals surface area contributed by atoms with E-state index in [0.717, 1.165) is 18.2 Å². The maximum atomic E-state index is 12.3. The molecule has 0 bridgehead atoms. The number of amides is 2. The SMILES string of the molecule is COC(=O)C(CCCNC(=O)c1ccc(O)c(O)c1)NC(=O)c1ccc(O)c(O)c1. The highest BCUT2D eigenvalue weighted by Crippen LogP contribution is 2.25. The number of ether oxygens (including phenoxy) is 1. The standard InChI is InChI=1S/C20H22N2O8/c1-30-20(29)13(22-19(28)12-5-7-15(24)17(26)10-12)3-2-8-21-18(27)11-4-6-14(23)16(25)9-11/h4-7,9-10,13,23-26H,2-3,8H2,1H3,(H,21,27)(H,22,28). The topological polar surface area (TPSA) is 165 Å². The van der Waals surface area contributed by atoms with Crippen LogP contribution in [0, 0.1) is 0 Å². The summed E-state index contributed by atoms with van der Waals surface area (Å²) in [7, 11) is 1.17. The molecule has 2 aromatic rings. The number of hydrogen-bond donors (Lipinski definition) is 6. The second-order valence-corrected chi connectivity index (χ2v) is 6.35. The minimum atomic E-state index is -0.993. The van der Waals surface area contributed by atoms with Crippen molar-refractivity contribution >= 4 is 17.8 Å². The van der Waals surface area contributed by atoms with Gasteiger partial charge in [-0.3, -0.25) is 9.59 Å². The van der Waals surface area contributed by atoms with Gasteiger partial charge in [-0.25, -0.2) is 4.79 Å². The van der Waals surface area contributed by atoms with Gasteiger partial charge in [0.2, 0.25) is 0 Å². The van der Waals surface area contributed by atoms with Gasteiger partial charge in [0.05, 0.1) is 7.11 Å². The zero-order chi connectivity index (χ0) is 22.3. The molecule has 0 aliphatic heterocycles. The molecule has 0 radical (unpaired) electrons. The molecule has 30 heavy (non-hydrogen) atoms. The van der Waals surface area contributed by atoms with Crippen molar-refractivity contribution in [3.63, 3.8) is 0 Å². The fourth-order valence-corrected chi connectivity index (χ4v) is 2.57. The minimum Gasteiger partial charge on any atom is -0.504 e. The number of phenolic OH excluding ortho intramolecular Hbond substituents is 4. The van der Waals surface area contributed by atoms with E-state index in [9.17, 15) is 34.8 Å². The first-order valence-electron chi connectivity index (χ1n) is 8.93. The summed E-state index contributed by atoms with van der Waals surface area (Å²) >= 11 is 0. The number of methoxy groups -OCH3 is 1. The molecule has 10 nitrogen and oxygen atoms in total. The molecule has 160 valence electrons. The van der Waals surface area contributed by atoms with Crippen molar-refractivity contribution in [3.8, 4) is 23.0 Å². The molecule has 6 N–H and O–H groups in total. The maximum Gasteiger partial charge on any atom is 0.328 e. The average Bonchev–Trinajstić information content (AvgIpc) is 2.73. The lowest BCUT2D eigenvalue weighted by atomic mass is 10.1. The van der Waals surface area contributed by atoms with Gasteiger partial charge in [0.25, 0.3) is 11.8 Å². The summed E-state index contributed by atoms with van der Waals surface area (Å²) in [4.78, 5) is 36.3. The second kappa shape index (κ2) is 10.0. The van der Waals surface area contributed by atoms with Crippen molar-refractivity contribution in [1.29, 1.82) is 0 Å². The van der Waals surface area contributed by atoms with Crippen molar-refractivity contribution in [3.05, 3.63) is 47.5 Å². The van der Waals surface area contributed by atoms with Crippen molar-refractivity contribution in [1.82, 2.24) is 10.6 Å². The minimum absolute atomic E-state index is 0.0413. The van der Waals surface area contributed by atoms with Crippen LogP contribution in [0.25, 0.3) is 0 Å². The third-order valence-corrected chi connectivity index (χ3v) is 4.22. The Hall–Kier alpha value is -3.95. The summed E-state index contributed by atoms with van der Waals surface area (Å²) in [6, 6.07) is 6.15. The van der Waals surface area contributed by atoms with Crippen LogP contribution in [-0.4, -0.2) is 57.9 Å². The number of phenols is 4. The molecule has 2 aromatic carbocycles. The predicted octanol–water partition coefficient (Wildman–Crippen LogP) is 0.991. The highest BCUT2D eigenvalue weighted by Gasteiger charge is 2.22. The molecule has 10 heteroatoms. The zero-order valence-electron chi connectivity index (χ0n) is 16.1. The summed E-state index contributed by atoms with van der Waals surface area (Å²) in [5.41, 5.74) is 0.190. The molecule has 0 saturated heterocycles. The maximum absolute atomic E-state index is 12.3. The van der Waals surface area contributed by atoms with E-state index >= 15 is 0 Å². The van der Waals surface area contributed by atoms with Crippen molar-refractivity contribution in [2.45, 2.75) is 18.9 Å². The van der Waals surface area contributed by atoms with Crippen LogP contribution in [0.1, 0.15) is 33.6 Å². The van der Waals surface area contributed by atoms with Crippen molar-refractivity contribution in [2.75, 3.05) is 13.7 Å². The van der Waals surface area contributed by atoms with E-state index in [4.69, 9.17) is 0 Å². The molecule has 0 spiro atoms. The van der Waals surface area contributed by atoms with Gasteiger partial charge in [0.1, 0.15) is 6.04 Å². The van der Waals surface area contributed by atoms with E-state index in [-0.39, 0.29) is 35.6 Å². The first-order valence-corrected chi connectivity index (χ1v) is 8.93. The Morgan fingerprint density at radius 2 is 1.40 bits per heavy atom. The van der Waals surface area contributed by atoms with Crippen molar-refractivity contribution < 1.29 is 39.5 Å². The molecule has 2 rings (SSSR count). The summed E-state index contributed by atoms with van der Waals surface area (Å²) in [6.07, 6.45) is 0.472. The van der Waals surface area contributed by atoms with E-state index in [1.807, 2.05) is 0 Å². The summed E-state index contributed by atoms with van der Waals surface area (Å²) < 4.78 is 4.68. The highest BCUT2D eigenvalue weighted by molar-refractivity contribution is 5.97. The monoisotopic (exact) mass is 418 g/mol. The Morgan fingerprint density at radius 1 is 0.867 bits per heavy atom. The van der Waals surface area contributed by atoms with Crippen LogP contribution < -0.4 is 10.6 Å². The van der Waals surface area contributed by atoms with Crippen LogP contribution in [0.15, 0.2) is 36.4 Å². The lowest BCUT2D eigenvalue weighted by molar-refractivity contribution is -0.143. The van der Waals surface area contributed by atoms with Gasteiger partial charge >= 0.3 is 5.97 Å². The van der Waals surface area contributed by atoms with Crippen LogP contribution in [-0.2, 0) is 9.53 Å². The molecule has 0 aliphatic rings. The van der Waals surface area contributed by atoms with Gasteiger partial charge in [-0.2, -0.15) is 0 Å². The number of nitrogens with one attached hydrogen (secondary N) is 2. The van der Waals surface area contributed by atoms with Gasteiger partial charge in [-0.05, 0) is 49.2 Å². The Morgan fingerprint density at radius 3 is 1.90 bits per heavy atom. The zero-order valence-corrected chi connectivity index (χ0v) is 16.1. The Kier molecular flexibility index (Phi) is 7.45. The van der Waals surface area contributed by atoms with Crippen LogP contribution >= 0.6 is 0 Å². The smallest absolute Gasteiger partial charge is 0.328 e.